The molecule has 21 heavy (non-hydrogen) atoms. The highest BCUT2D eigenvalue weighted by molar-refractivity contribution is 5.92. The molecule has 0 fully saturated rings. The van der Waals surface area contributed by atoms with Crippen LogP contribution in [0.25, 0.3) is 10.8 Å². The third-order valence-electron chi connectivity index (χ3n) is 3.54. The predicted molar refractivity (Wildman–Crippen MR) is 91.8 cm³/mol. The average Bonchev–Trinajstić information content (AvgIpc) is 2.52. The number of aromatic nitrogens is 1. The lowest BCUT2D eigenvalue weighted by atomic mass is 10.1. The smallest absolute Gasteiger partial charge is 0.137 e. The summed E-state index contributed by atoms with van der Waals surface area (Å²) in [4.78, 5) is 7.14. The summed E-state index contributed by atoms with van der Waals surface area (Å²) in [6.45, 7) is 11.8. The molecule has 1 heterocycles. The predicted octanol–water partition coefficient (Wildman–Crippen LogP) is 3.75. The van der Waals surface area contributed by atoms with Gasteiger partial charge in [0.1, 0.15) is 5.82 Å². The molecule has 0 aliphatic rings. The Morgan fingerprint density at radius 2 is 2.10 bits per heavy atom. The first-order valence-electron chi connectivity index (χ1n) is 7.75. The quantitative estimate of drug-likeness (QED) is 0.591. The van der Waals surface area contributed by atoms with Crippen molar-refractivity contribution in [2.75, 3.05) is 24.5 Å². The maximum Gasteiger partial charge on any atom is 0.137 e. The molecule has 0 bridgehead atoms. The van der Waals surface area contributed by atoms with Gasteiger partial charge in [-0.3, -0.25) is 0 Å². The largest absolute Gasteiger partial charge is 0.353 e. The number of hydrogen-bond acceptors (Lipinski definition) is 3. The molecule has 1 aromatic carbocycles. The van der Waals surface area contributed by atoms with E-state index in [-0.39, 0.29) is 0 Å². The highest BCUT2D eigenvalue weighted by Crippen LogP contribution is 2.25. The fourth-order valence-corrected chi connectivity index (χ4v) is 2.48. The van der Waals surface area contributed by atoms with Gasteiger partial charge in [-0.25, -0.2) is 4.98 Å². The summed E-state index contributed by atoms with van der Waals surface area (Å²) in [6, 6.07) is 10.6. The summed E-state index contributed by atoms with van der Waals surface area (Å²) in [5, 5.41) is 5.89. The van der Waals surface area contributed by atoms with Crippen LogP contribution in [-0.4, -0.2) is 24.6 Å². The molecule has 1 aromatic heterocycles. The maximum atomic E-state index is 4.88. The van der Waals surface area contributed by atoms with Crippen molar-refractivity contribution >= 4 is 16.6 Å². The first-order valence-corrected chi connectivity index (χ1v) is 7.75. The van der Waals surface area contributed by atoms with Gasteiger partial charge in [0.05, 0.1) is 5.69 Å². The first kappa shape index (κ1) is 15.5. The van der Waals surface area contributed by atoms with Crippen LogP contribution in [0, 0.1) is 0 Å². The van der Waals surface area contributed by atoms with Gasteiger partial charge in [-0.2, -0.15) is 0 Å². The van der Waals surface area contributed by atoms with E-state index < -0.39 is 0 Å². The van der Waals surface area contributed by atoms with Crippen LogP contribution in [-0.2, 0) is 6.54 Å². The number of nitrogens with zero attached hydrogens (tertiary/aromatic N) is 2. The number of rotatable bonds is 8. The number of hydrogen-bond donors (Lipinski definition) is 1. The van der Waals surface area contributed by atoms with Gasteiger partial charge in [-0.15, -0.1) is 6.58 Å². The fourth-order valence-electron chi connectivity index (χ4n) is 2.48. The van der Waals surface area contributed by atoms with E-state index in [1.54, 1.807) is 0 Å². The van der Waals surface area contributed by atoms with E-state index in [0.29, 0.717) is 0 Å². The highest BCUT2D eigenvalue weighted by atomic mass is 15.2. The van der Waals surface area contributed by atoms with E-state index in [4.69, 9.17) is 4.98 Å². The van der Waals surface area contributed by atoms with Crippen molar-refractivity contribution in [3.63, 3.8) is 0 Å². The van der Waals surface area contributed by atoms with Crippen LogP contribution in [0.4, 0.5) is 5.82 Å². The topological polar surface area (TPSA) is 28.2 Å². The molecule has 0 spiro atoms. The van der Waals surface area contributed by atoms with Crippen LogP contribution >= 0.6 is 0 Å². The van der Waals surface area contributed by atoms with Crippen LogP contribution in [0.5, 0.6) is 0 Å². The number of nitrogens with one attached hydrogen (secondary N) is 1. The number of likely N-dealkylation sites (N-methyl/N-ethyl adjacent to an activating group) is 1. The van der Waals surface area contributed by atoms with E-state index in [0.717, 1.165) is 44.1 Å². The van der Waals surface area contributed by atoms with Crippen molar-refractivity contribution in [2.24, 2.45) is 0 Å². The Morgan fingerprint density at radius 1 is 1.29 bits per heavy atom. The monoisotopic (exact) mass is 283 g/mol. The van der Waals surface area contributed by atoms with E-state index >= 15 is 0 Å². The Balaban J connectivity index is 2.41. The van der Waals surface area contributed by atoms with Gasteiger partial charge >= 0.3 is 0 Å². The molecule has 0 unspecified atom stereocenters. The van der Waals surface area contributed by atoms with Gasteiger partial charge < -0.3 is 10.2 Å². The minimum absolute atomic E-state index is 0.817. The van der Waals surface area contributed by atoms with Gasteiger partial charge in [-0.05, 0) is 31.3 Å². The lowest BCUT2D eigenvalue weighted by Gasteiger charge is -2.23. The zero-order chi connectivity index (χ0) is 15.1. The molecule has 3 heteroatoms. The summed E-state index contributed by atoms with van der Waals surface area (Å²) in [7, 11) is 0. The number of pyridine rings is 1. The molecule has 1 N–H and O–H groups in total. The minimum Gasteiger partial charge on any atom is -0.353 e. The lowest BCUT2D eigenvalue weighted by Crippen LogP contribution is -2.25. The lowest BCUT2D eigenvalue weighted by molar-refractivity contribution is 0.664. The Bertz CT molecular complexity index is 592. The molecule has 0 aliphatic heterocycles. The molecule has 3 nitrogen and oxygen atoms in total. The Labute approximate surface area is 127 Å². The molecular formula is C18H25N3. The second kappa shape index (κ2) is 7.79. The SMILES string of the molecule is C=CCN(CC)c1nc(CNCCC)cc2ccccc12. The number of anilines is 1. The van der Waals surface area contributed by atoms with Gasteiger partial charge in [-0.1, -0.05) is 37.3 Å². The fraction of sp³-hybridized carbons (Fsp3) is 0.389. The van der Waals surface area contributed by atoms with Gasteiger partial charge in [0.2, 0.25) is 0 Å². The first-order chi connectivity index (χ1) is 10.3. The van der Waals surface area contributed by atoms with E-state index in [2.05, 4.69) is 61.0 Å². The zero-order valence-electron chi connectivity index (χ0n) is 13.1. The van der Waals surface area contributed by atoms with E-state index in [1.165, 1.54) is 10.8 Å². The zero-order valence-corrected chi connectivity index (χ0v) is 13.1. The van der Waals surface area contributed by atoms with Crippen molar-refractivity contribution in [2.45, 2.75) is 26.8 Å². The summed E-state index contributed by atoms with van der Waals surface area (Å²) in [6.07, 6.45) is 3.07. The van der Waals surface area contributed by atoms with Crippen LogP contribution in [0.3, 0.4) is 0 Å². The summed E-state index contributed by atoms with van der Waals surface area (Å²) < 4.78 is 0. The summed E-state index contributed by atoms with van der Waals surface area (Å²) in [5.74, 6) is 1.06. The highest BCUT2D eigenvalue weighted by Gasteiger charge is 2.11. The van der Waals surface area contributed by atoms with Crippen LogP contribution < -0.4 is 10.2 Å². The molecule has 2 aromatic rings. The van der Waals surface area contributed by atoms with Gasteiger partial charge in [0.25, 0.3) is 0 Å². The molecule has 0 aliphatic carbocycles. The standard InChI is InChI=1S/C18H25N3/c1-4-11-19-14-16-13-15-9-7-8-10-17(15)18(20-16)21(6-3)12-5-2/h5,7-10,13,19H,2,4,6,11-12,14H2,1,3H3. The number of fused-ring (bicyclic) bond motifs is 1. The normalized spacial score (nSPS) is 10.8. The Morgan fingerprint density at radius 3 is 2.81 bits per heavy atom. The molecule has 0 atom stereocenters. The van der Waals surface area contributed by atoms with Crippen LogP contribution in [0.1, 0.15) is 26.0 Å². The molecule has 0 saturated carbocycles. The Hall–Kier alpha value is -1.87. The van der Waals surface area contributed by atoms with Crippen LogP contribution in [0.2, 0.25) is 0 Å². The molecular weight excluding hydrogens is 258 g/mol. The van der Waals surface area contributed by atoms with Gasteiger partial charge in [0, 0.05) is 25.0 Å². The van der Waals surface area contributed by atoms with Crippen LogP contribution in [0.15, 0.2) is 43.0 Å². The Kier molecular flexibility index (Phi) is 5.76. The second-order valence-corrected chi connectivity index (χ2v) is 5.16. The third kappa shape index (κ3) is 3.82. The van der Waals surface area contributed by atoms with Crippen molar-refractivity contribution in [1.82, 2.24) is 10.3 Å². The summed E-state index contributed by atoms with van der Waals surface area (Å²) >= 11 is 0. The van der Waals surface area contributed by atoms with Crippen molar-refractivity contribution in [3.8, 4) is 0 Å². The number of benzene rings is 1. The third-order valence-corrected chi connectivity index (χ3v) is 3.54. The van der Waals surface area contributed by atoms with Crippen molar-refractivity contribution in [1.29, 1.82) is 0 Å². The molecule has 0 amide bonds. The molecule has 0 radical (unpaired) electrons. The maximum absolute atomic E-state index is 4.88. The van der Waals surface area contributed by atoms with Crippen molar-refractivity contribution < 1.29 is 0 Å². The molecule has 0 saturated heterocycles. The van der Waals surface area contributed by atoms with Gasteiger partial charge in [0.15, 0.2) is 0 Å². The molecule has 112 valence electrons. The second-order valence-electron chi connectivity index (χ2n) is 5.16. The average molecular weight is 283 g/mol. The van der Waals surface area contributed by atoms with E-state index in [1.807, 2.05) is 6.08 Å². The van der Waals surface area contributed by atoms with Crippen molar-refractivity contribution in [3.05, 3.63) is 48.7 Å². The summed E-state index contributed by atoms with van der Waals surface area (Å²) in [5.41, 5.74) is 1.10. The molecule has 2 rings (SSSR count). The van der Waals surface area contributed by atoms with E-state index in [9.17, 15) is 0 Å². The minimum atomic E-state index is 0.817.